The topological polar surface area (TPSA) is 102 Å². The molecular weight excluding hydrogens is 398 g/mol. The second-order valence-electron chi connectivity index (χ2n) is 6.19. The summed E-state index contributed by atoms with van der Waals surface area (Å²) in [4.78, 5) is 12.2. The van der Waals surface area contributed by atoms with E-state index in [9.17, 15) is 13.2 Å². The van der Waals surface area contributed by atoms with E-state index in [0.29, 0.717) is 34.7 Å². The molecule has 1 aliphatic heterocycles. The number of nitrogens with zero attached hydrogens (tertiary/aromatic N) is 2. The molecule has 140 valence electrons. The summed E-state index contributed by atoms with van der Waals surface area (Å²) >= 11 is 6.97. The van der Waals surface area contributed by atoms with Gasteiger partial charge in [0.15, 0.2) is 9.84 Å². The van der Waals surface area contributed by atoms with Gasteiger partial charge in [-0.05, 0) is 43.5 Å². The van der Waals surface area contributed by atoms with Crippen LogP contribution in [0.2, 0.25) is 5.02 Å². The van der Waals surface area contributed by atoms with Crippen LogP contribution in [0.5, 0.6) is 0 Å². The number of halogens is 1. The van der Waals surface area contributed by atoms with Crippen molar-refractivity contribution >= 4 is 44.8 Å². The van der Waals surface area contributed by atoms with Crippen molar-refractivity contribution in [3.05, 3.63) is 35.2 Å². The predicted molar refractivity (Wildman–Crippen MR) is 100 cm³/mol. The Morgan fingerprint density at radius 3 is 2.77 bits per heavy atom. The summed E-state index contributed by atoms with van der Waals surface area (Å²) in [5.41, 5.74) is 0.653. The summed E-state index contributed by atoms with van der Waals surface area (Å²) in [6.07, 6.45) is 1.06. The molecule has 1 aliphatic rings. The van der Waals surface area contributed by atoms with Crippen LogP contribution in [0.25, 0.3) is 0 Å². The molecule has 0 bridgehead atoms. The smallest absolute Gasteiger partial charge is 0.277 e. The number of nitrogens with one attached hydrogen (secondary N) is 1. The zero-order chi connectivity index (χ0) is 18.7. The lowest BCUT2D eigenvalue weighted by Gasteiger charge is -2.09. The molecule has 1 aromatic carbocycles. The lowest BCUT2D eigenvalue weighted by atomic mass is 10.1. The minimum absolute atomic E-state index is 0.0175. The minimum atomic E-state index is -2.93. The van der Waals surface area contributed by atoms with Gasteiger partial charge in [0, 0.05) is 17.1 Å². The maximum Gasteiger partial charge on any atom is 0.277 e. The normalized spacial score (nSPS) is 20.0. The van der Waals surface area contributed by atoms with E-state index in [-0.39, 0.29) is 23.3 Å². The maximum absolute atomic E-state index is 12.2. The van der Waals surface area contributed by atoms with E-state index in [0.717, 1.165) is 11.8 Å². The number of aromatic nitrogens is 2. The Morgan fingerprint density at radius 1 is 1.38 bits per heavy atom. The second-order valence-corrected chi connectivity index (χ2v) is 10.1. The SMILES string of the molecule is C[C@H](Sc1nnc(C[C@H]2CCS(=O)(=O)C2)o1)C(=O)Nc1ccc(Cl)cc1. The third-order valence-electron chi connectivity index (χ3n) is 4.00. The molecule has 10 heteroatoms. The average Bonchev–Trinajstić information content (AvgIpc) is 3.15. The first-order chi connectivity index (χ1) is 12.3. The molecule has 7 nitrogen and oxygen atoms in total. The fourth-order valence-electron chi connectivity index (χ4n) is 2.63. The molecule has 2 heterocycles. The Morgan fingerprint density at radius 2 is 2.12 bits per heavy atom. The highest BCUT2D eigenvalue weighted by Gasteiger charge is 2.29. The average molecular weight is 416 g/mol. The second kappa shape index (κ2) is 7.98. The highest BCUT2D eigenvalue weighted by molar-refractivity contribution is 8.00. The Labute approximate surface area is 160 Å². The van der Waals surface area contributed by atoms with Gasteiger partial charge in [0.05, 0.1) is 16.8 Å². The van der Waals surface area contributed by atoms with Gasteiger partial charge in [-0.3, -0.25) is 4.79 Å². The van der Waals surface area contributed by atoms with Gasteiger partial charge >= 0.3 is 0 Å². The molecule has 2 aromatic rings. The first-order valence-corrected chi connectivity index (χ1v) is 11.1. The lowest BCUT2D eigenvalue weighted by molar-refractivity contribution is -0.115. The molecule has 0 spiro atoms. The van der Waals surface area contributed by atoms with E-state index in [2.05, 4.69) is 15.5 Å². The van der Waals surface area contributed by atoms with Crippen LogP contribution in [-0.4, -0.2) is 41.3 Å². The van der Waals surface area contributed by atoms with Crippen molar-refractivity contribution in [1.29, 1.82) is 0 Å². The summed E-state index contributed by atoms with van der Waals surface area (Å²) in [6, 6.07) is 6.83. The van der Waals surface area contributed by atoms with E-state index in [1.807, 2.05) is 0 Å². The summed E-state index contributed by atoms with van der Waals surface area (Å²) in [7, 11) is -2.93. The number of sulfone groups is 1. The number of carbonyl (C=O) groups is 1. The van der Waals surface area contributed by atoms with Crippen LogP contribution < -0.4 is 5.32 Å². The molecule has 2 atom stereocenters. The molecule has 0 aliphatic carbocycles. The van der Waals surface area contributed by atoms with Crippen molar-refractivity contribution < 1.29 is 17.6 Å². The molecule has 1 N–H and O–H groups in total. The number of hydrogen-bond donors (Lipinski definition) is 1. The molecule has 1 amide bonds. The third kappa shape index (κ3) is 5.21. The number of hydrogen-bond acceptors (Lipinski definition) is 7. The molecule has 0 saturated carbocycles. The molecule has 3 rings (SSSR count). The van der Waals surface area contributed by atoms with Crippen molar-refractivity contribution in [2.75, 3.05) is 16.8 Å². The predicted octanol–water partition coefficient (Wildman–Crippen LogP) is 2.82. The van der Waals surface area contributed by atoms with Gasteiger partial charge in [-0.1, -0.05) is 23.4 Å². The van der Waals surface area contributed by atoms with E-state index >= 15 is 0 Å². The number of carbonyl (C=O) groups excluding carboxylic acids is 1. The first kappa shape index (κ1) is 19.2. The first-order valence-electron chi connectivity index (χ1n) is 8.06. The lowest BCUT2D eigenvalue weighted by Crippen LogP contribution is -2.22. The van der Waals surface area contributed by atoms with Crippen molar-refractivity contribution in [1.82, 2.24) is 10.2 Å². The van der Waals surface area contributed by atoms with E-state index in [1.54, 1.807) is 31.2 Å². The van der Waals surface area contributed by atoms with E-state index in [1.165, 1.54) is 0 Å². The summed E-state index contributed by atoms with van der Waals surface area (Å²) < 4.78 is 28.6. The molecule has 1 fully saturated rings. The Balaban J connectivity index is 1.53. The zero-order valence-corrected chi connectivity index (χ0v) is 16.4. The summed E-state index contributed by atoms with van der Waals surface area (Å²) in [5, 5.41) is 11.1. The molecule has 1 aromatic heterocycles. The van der Waals surface area contributed by atoms with Crippen LogP contribution in [0.4, 0.5) is 5.69 Å². The fraction of sp³-hybridized carbons (Fsp3) is 0.438. The number of thioether (sulfide) groups is 1. The third-order valence-corrected chi connectivity index (χ3v) is 7.02. The molecular formula is C16H18ClN3O4S2. The fourth-order valence-corrected chi connectivity index (χ4v) is 5.32. The largest absolute Gasteiger partial charge is 0.416 e. The minimum Gasteiger partial charge on any atom is -0.416 e. The van der Waals surface area contributed by atoms with Gasteiger partial charge in [0.25, 0.3) is 5.22 Å². The Hall–Kier alpha value is -1.58. The molecule has 26 heavy (non-hydrogen) atoms. The van der Waals surface area contributed by atoms with Crippen molar-refractivity contribution in [3.8, 4) is 0 Å². The standard InChI is InChI=1S/C16H18ClN3O4S2/c1-10(15(21)18-13-4-2-12(17)3-5-13)25-16-20-19-14(24-16)8-11-6-7-26(22,23)9-11/h2-5,10-11H,6-9H2,1H3,(H,18,21)/t10-,11+/m0/s1. The molecule has 1 saturated heterocycles. The van der Waals surface area contributed by atoms with Crippen molar-refractivity contribution in [3.63, 3.8) is 0 Å². The molecule has 0 unspecified atom stereocenters. The summed E-state index contributed by atoms with van der Waals surface area (Å²) in [5.74, 6) is 0.607. The van der Waals surface area contributed by atoms with Crippen LogP contribution in [0.15, 0.2) is 33.9 Å². The highest BCUT2D eigenvalue weighted by atomic mass is 35.5. The maximum atomic E-state index is 12.2. The zero-order valence-electron chi connectivity index (χ0n) is 14.0. The van der Waals surface area contributed by atoms with Crippen LogP contribution in [0.1, 0.15) is 19.2 Å². The quantitative estimate of drug-likeness (QED) is 0.723. The molecule has 0 radical (unpaired) electrons. The van der Waals surface area contributed by atoms with Crippen molar-refractivity contribution in [2.24, 2.45) is 5.92 Å². The highest BCUT2D eigenvalue weighted by Crippen LogP contribution is 2.26. The van der Waals surface area contributed by atoms with Gasteiger partial charge < -0.3 is 9.73 Å². The van der Waals surface area contributed by atoms with E-state index < -0.39 is 15.1 Å². The number of amides is 1. The van der Waals surface area contributed by atoms with Crippen LogP contribution in [0, 0.1) is 5.92 Å². The van der Waals surface area contributed by atoms with Gasteiger partial charge in [0.1, 0.15) is 0 Å². The van der Waals surface area contributed by atoms with E-state index in [4.69, 9.17) is 16.0 Å². The van der Waals surface area contributed by atoms with Gasteiger partial charge in [-0.15, -0.1) is 10.2 Å². The van der Waals surface area contributed by atoms with Crippen molar-refractivity contribution in [2.45, 2.75) is 30.2 Å². The number of rotatable bonds is 6. The van der Waals surface area contributed by atoms with Crippen LogP contribution >= 0.6 is 23.4 Å². The summed E-state index contributed by atoms with van der Waals surface area (Å²) in [6.45, 7) is 1.74. The van der Waals surface area contributed by atoms with Crippen LogP contribution in [-0.2, 0) is 21.1 Å². The number of benzene rings is 1. The van der Waals surface area contributed by atoms with Gasteiger partial charge in [0.2, 0.25) is 11.8 Å². The monoisotopic (exact) mass is 415 g/mol. The number of anilines is 1. The van der Waals surface area contributed by atoms with Crippen LogP contribution in [0.3, 0.4) is 0 Å². The Bertz CT molecular complexity index is 883. The van der Waals surface area contributed by atoms with Gasteiger partial charge in [-0.2, -0.15) is 0 Å². The Kier molecular flexibility index (Phi) is 5.89. The van der Waals surface area contributed by atoms with Gasteiger partial charge in [-0.25, -0.2) is 8.42 Å².